The molecule has 1 saturated heterocycles. The third-order valence-corrected chi connectivity index (χ3v) is 4.80. The van der Waals surface area contributed by atoms with Gasteiger partial charge in [-0.15, -0.1) is 24.0 Å². The van der Waals surface area contributed by atoms with E-state index in [1.54, 1.807) is 11.9 Å². The third-order valence-electron chi connectivity index (χ3n) is 4.80. The molecule has 0 aromatic heterocycles. The second kappa shape index (κ2) is 14.3. The second-order valence-electron chi connectivity index (χ2n) is 7.70. The zero-order valence-electron chi connectivity index (χ0n) is 18.6. The van der Waals surface area contributed by atoms with E-state index in [-0.39, 0.29) is 30.1 Å². The number of carbonyl (C=O) groups is 1. The Morgan fingerprint density at radius 1 is 1.23 bits per heavy atom. The average Bonchev–Trinajstić information content (AvgIpc) is 2.73. The largest absolute Gasteiger partial charge is 0.493 e. The molecule has 0 spiro atoms. The van der Waals surface area contributed by atoms with Gasteiger partial charge in [-0.3, -0.25) is 4.99 Å². The molecule has 0 radical (unpaired) electrons. The van der Waals surface area contributed by atoms with Gasteiger partial charge < -0.3 is 25.0 Å². The molecule has 30 heavy (non-hydrogen) atoms. The number of likely N-dealkylation sites (tertiary alicyclic amines) is 1. The summed E-state index contributed by atoms with van der Waals surface area (Å²) in [4.78, 5) is 17.9. The number of carbonyl (C=O) groups excluding carboxylic acids is 1. The van der Waals surface area contributed by atoms with Gasteiger partial charge in [-0.2, -0.15) is 0 Å². The van der Waals surface area contributed by atoms with E-state index in [4.69, 9.17) is 9.47 Å². The SMILES string of the molecule is CCOC(=O)N1CCC(NC(=NC)NCCc2ccc(OCC(C)C)cc2)CC1.I. The highest BCUT2D eigenvalue weighted by Crippen LogP contribution is 2.14. The van der Waals surface area contributed by atoms with Crippen molar-refractivity contribution in [1.29, 1.82) is 0 Å². The van der Waals surface area contributed by atoms with Crippen LogP contribution >= 0.6 is 24.0 Å². The predicted octanol–water partition coefficient (Wildman–Crippen LogP) is 3.67. The van der Waals surface area contributed by atoms with Crippen LogP contribution in [0.1, 0.15) is 39.2 Å². The molecule has 170 valence electrons. The minimum Gasteiger partial charge on any atom is -0.493 e. The molecule has 0 bridgehead atoms. The van der Waals surface area contributed by atoms with E-state index in [0.717, 1.165) is 44.1 Å². The molecule has 8 heteroatoms. The normalized spacial score (nSPS) is 14.8. The highest BCUT2D eigenvalue weighted by molar-refractivity contribution is 14.0. The van der Waals surface area contributed by atoms with Gasteiger partial charge in [-0.1, -0.05) is 26.0 Å². The van der Waals surface area contributed by atoms with Crippen LogP contribution in [-0.2, 0) is 11.2 Å². The summed E-state index contributed by atoms with van der Waals surface area (Å²) in [6.07, 6.45) is 2.47. The van der Waals surface area contributed by atoms with Crippen molar-refractivity contribution in [2.24, 2.45) is 10.9 Å². The lowest BCUT2D eigenvalue weighted by molar-refractivity contribution is 0.0963. The van der Waals surface area contributed by atoms with Crippen LogP contribution in [0.25, 0.3) is 0 Å². The quantitative estimate of drug-likeness (QED) is 0.304. The van der Waals surface area contributed by atoms with Crippen molar-refractivity contribution in [3.05, 3.63) is 29.8 Å². The van der Waals surface area contributed by atoms with E-state index in [1.807, 2.05) is 19.1 Å². The summed E-state index contributed by atoms with van der Waals surface area (Å²) in [6, 6.07) is 8.59. The summed E-state index contributed by atoms with van der Waals surface area (Å²) in [5, 5.41) is 6.84. The van der Waals surface area contributed by atoms with Crippen LogP contribution in [-0.4, -0.2) is 62.9 Å². The zero-order chi connectivity index (χ0) is 21.1. The number of hydrogen-bond donors (Lipinski definition) is 2. The molecule has 0 unspecified atom stereocenters. The Morgan fingerprint density at radius 3 is 2.47 bits per heavy atom. The Labute approximate surface area is 198 Å². The fourth-order valence-corrected chi connectivity index (χ4v) is 3.15. The van der Waals surface area contributed by atoms with Gasteiger partial charge in [0.1, 0.15) is 5.75 Å². The maximum atomic E-state index is 11.8. The maximum Gasteiger partial charge on any atom is 0.409 e. The number of amides is 1. The van der Waals surface area contributed by atoms with Crippen LogP contribution < -0.4 is 15.4 Å². The molecule has 0 saturated carbocycles. The van der Waals surface area contributed by atoms with E-state index in [9.17, 15) is 4.79 Å². The Hall–Kier alpha value is -1.71. The lowest BCUT2D eigenvalue weighted by Crippen LogP contribution is -2.50. The van der Waals surface area contributed by atoms with E-state index < -0.39 is 0 Å². The number of hydrogen-bond acceptors (Lipinski definition) is 4. The monoisotopic (exact) mass is 532 g/mol. The van der Waals surface area contributed by atoms with E-state index in [2.05, 4.69) is 41.6 Å². The Bertz CT molecular complexity index is 644. The van der Waals surface area contributed by atoms with Crippen LogP contribution in [0.4, 0.5) is 4.79 Å². The van der Waals surface area contributed by atoms with Gasteiger partial charge in [-0.25, -0.2) is 4.79 Å². The van der Waals surface area contributed by atoms with Crippen LogP contribution in [0, 0.1) is 5.92 Å². The molecule has 1 aromatic carbocycles. The Kier molecular flexibility index (Phi) is 12.6. The standard InChI is InChI=1S/C22H36N4O3.HI/c1-5-28-22(27)26-14-11-19(12-15-26)25-21(23-4)24-13-10-18-6-8-20(9-7-18)29-16-17(2)3;/h6-9,17,19H,5,10-16H2,1-4H3,(H2,23,24,25);1H. The summed E-state index contributed by atoms with van der Waals surface area (Å²) < 4.78 is 10.8. The predicted molar refractivity (Wildman–Crippen MR) is 132 cm³/mol. The molecule has 1 heterocycles. The van der Waals surface area contributed by atoms with Crippen LogP contribution in [0.15, 0.2) is 29.3 Å². The van der Waals surface area contributed by atoms with E-state index in [1.165, 1.54) is 5.56 Å². The first kappa shape index (κ1) is 26.3. The Morgan fingerprint density at radius 2 is 1.90 bits per heavy atom. The van der Waals surface area contributed by atoms with Crippen LogP contribution in [0.2, 0.25) is 0 Å². The minimum absolute atomic E-state index is 0. The fraction of sp³-hybridized carbons (Fsp3) is 0.636. The molecule has 1 aliphatic heterocycles. The number of guanidine groups is 1. The summed E-state index contributed by atoms with van der Waals surface area (Å²) in [5.74, 6) is 2.24. The van der Waals surface area contributed by atoms with Gasteiger partial charge in [-0.05, 0) is 49.8 Å². The smallest absolute Gasteiger partial charge is 0.409 e. The van der Waals surface area contributed by atoms with Crippen LogP contribution in [0.5, 0.6) is 5.75 Å². The number of nitrogens with one attached hydrogen (secondary N) is 2. The van der Waals surface area contributed by atoms with E-state index in [0.29, 0.717) is 31.7 Å². The molecule has 1 amide bonds. The number of halogens is 1. The molecule has 7 nitrogen and oxygen atoms in total. The zero-order valence-corrected chi connectivity index (χ0v) is 21.0. The number of ether oxygens (including phenoxy) is 2. The van der Waals surface area contributed by atoms with Crippen molar-refractivity contribution in [1.82, 2.24) is 15.5 Å². The number of benzene rings is 1. The average molecular weight is 532 g/mol. The molecule has 0 aliphatic carbocycles. The first-order chi connectivity index (χ1) is 14.0. The lowest BCUT2D eigenvalue weighted by Gasteiger charge is -2.32. The molecule has 0 atom stereocenters. The Balaban J connectivity index is 0.00000450. The van der Waals surface area contributed by atoms with Crippen molar-refractivity contribution in [2.75, 3.05) is 39.9 Å². The molecule has 2 rings (SSSR count). The van der Waals surface area contributed by atoms with Crippen LogP contribution in [0.3, 0.4) is 0 Å². The van der Waals surface area contributed by atoms with Gasteiger partial charge in [0, 0.05) is 32.7 Å². The molecule has 2 N–H and O–H groups in total. The van der Waals surface area contributed by atoms with E-state index >= 15 is 0 Å². The highest BCUT2D eigenvalue weighted by atomic mass is 127. The summed E-state index contributed by atoms with van der Waals surface area (Å²) in [5.41, 5.74) is 1.26. The number of piperidine rings is 1. The van der Waals surface area contributed by atoms with Crippen molar-refractivity contribution >= 4 is 36.0 Å². The lowest BCUT2D eigenvalue weighted by atomic mass is 10.1. The maximum absolute atomic E-state index is 11.8. The van der Waals surface area contributed by atoms with Gasteiger partial charge in [0.05, 0.1) is 13.2 Å². The molecular weight excluding hydrogens is 495 g/mol. The summed E-state index contributed by atoms with van der Waals surface area (Å²) in [6.45, 7) is 9.49. The van der Waals surface area contributed by atoms with Gasteiger partial charge in [0.15, 0.2) is 5.96 Å². The first-order valence-electron chi connectivity index (χ1n) is 10.6. The van der Waals surface area contributed by atoms with Crippen molar-refractivity contribution in [3.8, 4) is 5.75 Å². The molecular formula is C22H37IN4O3. The molecule has 1 aliphatic rings. The number of nitrogens with zero attached hydrogens (tertiary/aromatic N) is 2. The topological polar surface area (TPSA) is 75.2 Å². The second-order valence-corrected chi connectivity index (χ2v) is 7.70. The minimum atomic E-state index is -0.214. The molecule has 1 fully saturated rings. The summed E-state index contributed by atoms with van der Waals surface area (Å²) >= 11 is 0. The fourth-order valence-electron chi connectivity index (χ4n) is 3.15. The highest BCUT2D eigenvalue weighted by Gasteiger charge is 2.23. The van der Waals surface area contributed by atoms with Crippen molar-refractivity contribution in [3.63, 3.8) is 0 Å². The first-order valence-corrected chi connectivity index (χ1v) is 10.6. The van der Waals surface area contributed by atoms with Gasteiger partial charge >= 0.3 is 6.09 Å². The number of rotatable bonds is 8. The molecule has 1 aromatic rings. The van der Waals surface area contributed by atoms with Gasteiger partial charge in [0.25, 0.3) is 0 Å². The number of aliphatic imine (C=N–C) groups is 1. The van der Waals surface area contributed by atoms with Gasteiger partial charge in [0.2, 0.25) is 0 Å². The third kappa shape index (κ3) is 9.40. The van der Waals surface area contributed by atoms with Crippen molar-refractivity contribution < 1.29 is 14.3 Å². The summed E-state index contributed by atoms with van der Waals surface area (Å²) in [7, 11) is 1.78. The van der Waals surface area contributed by atoms with Crippen molar-refractivity contribution in [2.45, 2.75) is 46.1 Å².